The normalized spacial score (nSPS) is 12.3. The van der Waals surface area contributed by atoms with Crippen molar-refractivity contribution in [2.75, 3.05) is 0 Å². The van der Waals surface area contributed by atoms with Crippen molar-refractivity contribution in [1.29, 1.82) is 0 Å². The molecule has 0 unspecified atom stereocenters. The zero-order valence-electron chi connectivity index (χ0n) is 15.2. The van der Waals surface area contributed by atoms with E-state index in [-0.39, 0.29) is 0 Å². The molecule has 3 aromatic carbocycles. The maximum absolute atomic E-state index is 4.53. The molecule has 0 atom stereocenters. The third-order valence-electron chi connectivity index (χ3n) is 4.51. The standard InChI is InChI=1S/C23H21N3S/c1-2-18-12-14-19(15-13-18)16-24-25-23-26(17-20-8-4-3-5-9-20)21-10-6-7-11-22(21)27-23/h3-16H,2,17H2,1H3. The first-order valence-electron chi connectivity index (χ1n) is 9.12. The summed E-state index contributed by atoms with van der Waals surface area (Å²) in [6.07, 6.45) is 2.86. The fourth-order valence-corrected chi connectivity index (χ4v) is 3.99. The maximum atomic E-state index is 4.53. The summed E-state index contributed by atoms with van der Waals surface area (Å²) in [5.41, 5.74) is 4.83. The van der Waals surface area contributed by atoms with Crippen molar-refractivity contribution in [1.82, 2.24) is 4.57 Å². The van der Waals surface area contributed by atoms with Crippen LogP contribution in [0.1, 0.15) is 23.6 Å². The van der Waals surface area contributed by atoms with Crippen molar-refractivity contribution in [3.8, 4) is 0 Å². The summed E-state index contributed by atoms with van der Waals surface area (Å²) in [7, 11) is 0. The molecule has 0 saturated carbocycles. The number of hydrogen-bond acceptors (Lipinski definition) is 3. The highest BCUT2D eigenvalue weighted by Gasteiger charge is 2.06. The predicted molar refractivity (Wildman–Crippen MR) is 114 cm³/mol. The van der Waals surface area contributed by atoms with Gasteiger partial charge < -0.3 is 4.57 Å². The molecule has 134 valence electrons. The first-order chi connectivity index (χ1) is 13.3. The maximum Gasteiger partial charge on any atom is 0.211 e. The smallest absolute Gasteiger partial charge is 0.211 e. The molecule has 0 aliphatic rings. The molecule has 0 aliphatic carbocycles. The fraction of sp³-hybridized carbons (Fsp3) is 0.130. The van der Waals surface area contributed by atoms with E-state index in [0.29, 0.717) is 0 Å². The van der Waals surface area contributed by atoms with Crippen LogP contribution in [-0.4, -0.2) is 10.8 Å². The van der Waals surface area contributed by atoms with Gasteiger partial charge in [-0.05, 0) is 35.2 Å². The molecule has 0 aliphatic heterocycles. The summed E-state index contributed by atoms with van der Waals surface area (Å²) in [5.74, 6) is 0. The lowest BCUT2D eigenvalue weighted by molar-refractivity contribution is 0.789. The van der Waals surface area contributed by atoms with Crippen LogP contribution in [0.25, 0.3) is 10.2 Å². The van der Waals surface area contributed by atoms with Gasteiger partial charge in [-0.2, -0.15) is 5.10 Å². The van der Waals surface area contributed by atoms with E-state index >= 15 is 0 Å². The Morgan fingerprint density at radius 1 is 0.852 bits per heavy atom. The predicted octanol–water partition coefficient (Wildman–Crippen LogP) is 5.25. The molecule has 1 aromatic heterocycles. The van der Waals surface area contributed by atoms with E-state index in [1.807, 2.05) is 12.3 Å². The Kier molecular flexibility index (Phi) is 5.26. The van der Waals surface area contributed by atoms with Crippen molar-refractivity contribution in [2.45, 2.75) is 19.9 Å². The monoisotopic (exact) mass is 371 g/mol. The Hall–Kier alpha value is -2.98. The second-order valence-corrected chi connectivity index (χ2v) is 7.37. The quantitative estimate of drug-likeness (QED) is 0.339. The van der Waals surface area contributed by atoms with E-state index in [2.05, 4.69) is 94.5 Å². The van der Waals surface area contributed by atoms with E-state index in [0.717, 1.165) is 23.3 Å². The summed E-state index contributed by atoms with van der Waals surface area (Å²) in [4.78, 5) is 0.904. The fourth-order valence-electron chi connectivity index (χ4n) is 3.00. The van der Waals surface area contributed by atoms with Gasteiger partial charge in [0.2, 0.25) is 4.80 Å². The van der Waals surface area contributed by atoms with Crippen LogP contribution in [0.3, 0.4) is 0 Å². The number of benzene rings is 3. The molecule has 1 heterocycles. The first-order valence-corrected chi connectivity index (χ1v) is 9.93. The van der Waals surface area contributed by atoms with Gasteiger partial charge >= 0.3 is 0 Å². The highest BCUT2D eigenvalue weighted by atomic mass is 32.1. The van der Waals surface area contributed by atoms with Gasteiger partial charge in [-0.15, -0.1) is 5.10 Å². The van der Waals surface area contributed by atoms with E-state index < -0.39 is 0 Å². The molecule has 0 saturated heterocycles. The number of thiazole rings is 1. The number of hydrogen-bond donors (Lipinski definition) is 0. The second-order valence-electron chi connectivity index (χ2n) is 6.36. The molecule has 27 heavy (non-hydrogen) atoms. The highest BCUT2D eigenvalue weighted by Crippen LogP contribution is 2.18. The largest absolute Gasteiger partial charge is 0.311 e. The molecule has 0 fully saturated rings. The molecule has 4 heteroatoms. The summed E-state index contributed by atoms with van der Waals surface area (Å²) in [5, 5.41) is 8.88. The summed E-state index contributed by atoms with van der Waals surface area (Å²) in [6, 6.07) is 27.3. The van der Waals surface area contributed by atoms with Crippen LogP contribution in [0.4, 0.5) is 0 Å². The topological polar surface area (TPSA) is 29.6 Å². The van der Waals surface area contributed by atoms with Gasteiger partial charge in [0.15, 0.2) is 0 Å². The zero-order valence-corrected chi connectivity index (χ0v) is 16.1. The molecule has 0 spiro atoms. The van der Waals surface area contributed by atoms with Crippen molar-refractivity contribution in [3.63, 3.8) is 0 Å². The number of aryl methyl sites for hydroxylation is 1. The molecule has 0 bridgehead atoms. The van der Waals surface area contributed by atoms with Gasteiger partial charge in [0.25, 0.3) is 0 Å². The number of fused-ring (bicyclic) bond motifs is 1. The van der Waals surface area contributed by atoms with E-state index in [1.54, 1.807) is 11.3 Å². The lowest BCUT2D eigenvalue weighted by Gasteiger charge is -2.04. The van der Waals surface area contributed by atoms with Crippen LogP contribution < -0.4 is 4.80 Å². The van der Waals surface area contributed by atoms with Crippen LogP contribution >= 0.6 is 11.3 Å². The zero-order chi connectivity index (χ0) is 18.5. The van der Waals surface area contributed by atoms with Crippen LogP contribution in [0.15, 0.2) is 89.1 Å². The van der Waals surface area contributed by atoms with Gasteiger partial charge in [0.1, 0.15) is 0 Å². The van der Waals surface area contributed by atoms with Gasteiger partial charge in [-0.25, -0.2) is 0 Å². The Morgan fingerprint density at radius 2 is 1.59 bits per heavy atom. The molecule has 4 aromatic rings. The molecule has 0 radical (unpaired) electrons. The number of rotatable bonds is 5. The van der Waals surface area contributed by atoms with Crippen LogP contribution in [0, 0.1) is 0 Å². The lowest BCUT2D eigenvalue weighted by Crippen LogP contribution is -2.15. The molecule has 4 rings (SSSR count). The van der Waals surface area contributed by atoms with Crippen molar-refractivity contribution >= 4 is 27.8 Å². The molecule has 0 amide bonds. The Labute approximate surface area is 163 Å². The van der Waals surface area contributed by atoms with Crippen molar-refractivity contribution < 1.29 is 0 Å². The van der Waals surface area contributed by atoms with Crippen LogP contribution in [0.2, 0.25) is 0 Å². The van der Waals surface area contributed by atoms with Gasteiger partial charge in [0.05, 0.1) is 23.0 Å². The first kappa shape index (κ1) is 17.4. The second kappa shape index (κ2) is 8.14. The molecular formula is C23H21N3S. The summed E-state index contributed by atoms with van der Waals surface area (Å²) < 4.78 is 3.45. The van der Waals surface area contributed by atoms with E-state index in [9.17, 15) is 0 Å². The number of para-hydroxylation sites is 1. The lowest BCUT2D eigenvalue weighted by atomic mass is 10.1. The SMILES string of the molecule is CCc1ccc(C=NN=c2sc3ccccc3n2Cc2ccccc2)cc1. The van der Waals surface area contributed by atoms with Gasteiger partial charge in [-0.1, -0.05) is 85.0 Å². The van der Waals surface area contributed by atoms with Crippen LogP contribution in [-0.2, 0) is 13.0 Å². The average molecular weight is 372 g/mol. The summed E-state index contributed by atoms with van der Waals surface area (Å²) >= 11 is 1.67. The highest BCUT2D eigenvalue weighted by molar-refractivity contribution is 7.16. The van der Waals surface area contributed by atoms with Crippen molar-refractivity contribution in [2.24, 2.45) is 10.2 Å². The summed E-state index contributed by atoms with van der Waals surface area (Å²) in [6.45, 7) is 2.94. The van der Waals surface area contributed by atoms with E-state index in [1.165, 1.54) is 21.3 Å². The number of nitrogens with zero attached hydrogens (tertiary/aromatic N) is 3. The average Bonchev–Trinajstić information content (AvgIpc) is 3.07. The molecule has 0 N–H and O–H groups in total. The minimum atomic E-state index is 0.782. The number of aromatic nitrogens is 1. The van der Waals surface area contributed by atoms with Gasteiger partial charge in [-0.3, -0.25) is 0 Å². The Morgan fingerprint density at radius 3 is 2.37 bits per heavy atom. The minimum absolute atomic E-state index is 0.782. The molecule has 3 nitrogen and oxygen atoms in total. The van der Waals surface area contributed by atoms with Crippen molar-refractivity contribution in [3.05, 3.63) is 100 Å². The van der Waals surface area contributed by atoms with E-state index in [4.69, 9.17) is 0 Å². The third-order valence-corrected chi connectivity index (χ3v) is 5.56. The van der Waals surface area contributed by atoms with Crippen LogP contribution in [0.5, 0.6) is 0 Å². The molecular weight excluding hydrogens is 350 g/mol. The van der Waals surface area contributed by atoms with Gasteiger partial charge in [0, 0.05) is 0 Å². The minimum Gasteiger partial charge on any atom is -0.311 e. The Balaban J connectivity index is 1.70. The Bertz CT molecular complexity index is 1120. The third kappa shape index (κ3) is 4.07.